The van der Waals surface area contributed by atoms with Gasteiger partial charge < -0.3 is 5.11 Å². The summed E-state index contributed by atoms with van der Waals surface area (Å²) in [6, 6.07) is 9.40. The van der Waals surface area contributed by atoms with Gasteiger partial charge in [-0.2, -0.15) is 0 Å². The molecule has 4 rings (SSSR count). The molecule has 1 aromatic carbocycles. The summed E-state index contributed by atoms with van der Waals surface area (Å²) in [6.07, 6.45) is 8.39. The van der Waals surface area contributed by atoms with Gasteiger partial charge in [-0.25, -0.2) is 9.88 Å². The molecule has 1 fully saturated rings. The number of hydrogen-bond acceptors (Lipinski definition) is 3. The van der Waals surface area contributed by atoms with Gasteiger partial charge in [0.05, 0.1) is 6.20 Å². The summed E-state index contributed by atoms with van der Waals surface area (Å²) >= 11 is 5.94. The molecule has 2 N–H and O–H groups in total. The second-order valence-electron chi connectivity index (χ2n) is 6.63. The fourth-order valence-electron chi connectivity index (χ4n) is 3.67. The van der Waals surface area contributed by atoms with Crippen LogP contribution in [0.15, 0.2) is 36.5 Å². The Balaban J connectivity index is 1.60. The zero-order valence-electron chi connectivity index (χ0n) is 13.0. The molecule has 1 aliphatic carbocycles. The van der Waals surface area contributed by atoms with Crippen molar-refractivity contribution in [2.75, 3.05) is 5.32 Å². The van der Waals surface area contributed by atoms with E-state index in [4.69, 9.17) is 16.6 Å². The lowest BCUT2D eigenvalue weighted by Crippen LogP contribution is -2.40. The van der Waals surface area contributed by atoms with Gasteiger partial charge in [0, 0.05) is 22.6 Å². The van der Waals surface area contributed by atoms with Crippen molar-refractivity contribution in [3.05, 3.63) is 52.8 Å². The monoisotopic (exact) mass is 330 g/mol. The van der Waals surface area contributed by atoms with E-state index in [1.165, 1.54) is 32.1 Å². The zero-order valence-corrected chi connectivity index (χ0v) is 13.8. The van der Waals surface area contributed by atoms with Gasteiger partial charge in [-0.3, -0.25) is 0 Å². The summed E-state index contributed by atoms with van der Waals surface area (Å²) in [4.78, 5) is 4.78. The Morgan fingerprint density at radius 2 is 1.87 bits per heavy atom. The van der Waals surface area contributed by atoms with Crippen molar-refractivity contribution in [2.45, 2.75) is 50.3 Å². The molecule has 5 heteroatoms. The maximum absolute atomic E-state index is 11.0. The number of aliphatic hydroxyl groups is 1. The summed E-state index contributed by atoms with van der Waals surface area (Å²) in [6.45, 7) is 0.446. The summed E-state index contributed by atoms with van der Waals surface area (Å²) < 4.78 is 1.97. The van der Waals surface area contributed by atoms with Crippen molar-refractivity contribution in [3.8, 4) is 0 Å². The minimum atomic E-state index is -1.13. The summed E-state index contributed by atoms with van der Waals surface area (Å²) in [7, 11) is 0. The van der Waals surface area contributed by atoms with E-state index in [1.807, 2.05) is 22.9 Å². The Morgan fingerprint density at radius 3 is 2.61 bits per heavy atom. The summed E-state index contributed by atoms with van der Waals surface area (Å²) in [5, 5.41) is 14.8. The van der Waals surface area contributed by atoms with E-state index in [9.17, 15) is 5.11 Å². The first-order valence-electron chi connectivity index (χ1n) is 8.31. The number of benzene rings is 1. The highest BCUT2D eigenvalue weighted by Gasteiger charge is 2.44. The third kappa shape index (κ3) is 2.81. The smallest absolute Gasteiger partial charge is 0.353 e. The average molecular weight is 331 g/mol. The molecule has 1 atom stereocenters. The van der Waals surface area contributed by atoms with Crippen LogP contribution in [-0.4, -0.2) is 10.1 Å². The van der Waals surface area contributed by atoms with Gasteiger partial charge in [-0.15, -0.1) is 0 Å². The van der Waals surface area contributed by atoms with Crippen LogP contribution in [0, 0.1) is 0 Å². The fraction of sp³-hybridized carbons (Fsp3) is 0.444. The van der Waals surface area contributed by atoms with Crippen molar-refractivity contribution >= 4 is 17.5 Å². The molecule has 0 saturated heterocycles. The van der Waals surface area contributed by atoms with Gasteiger partial charge in [-0.1, -0.05) is 48.0 Å². The van der Waals surface area contributed by atoms with Crippen LogP contribution in [0.1, 0.15) is 49.3 Å². The molecule has 2 aromatic rings. The van der Waals surface area contributed by atoms with Crippen molar-refractivity contribution in [3.63, 3.8) is 0 Å². The van der Waals surface area contributed by atoms with E-state index in [0.29, 0.717) is 17.5 Å². The molecule has 1 aromatic heterocycles. The highest BCUT2D eigenvalue weighted by molar-refractivity contribution is 6.30. The maximum Gasteiger partial charge on any atom is 0.394 e. The number of halogens is 1. The van der Waals surface area contributed by atoms with Crippen molar-refractivity contribution in [1.29, 1.82) is 0 Å². The Labute approximate surface area is 141 Å². The minimum Gasteiger partial charge on any atom is -0.353 e. The van der Waals surface area contributed by atoms with E-state index in [0.717, 1.165) is 17.2 Å². The van der Waals surface area contributed by atoms with Gasteiger partial charge in [0.2, 0.25) is 5.72 Å². The Morgan fingerprint density at radius 1 is 1.13 bits per heavy atom. The quantitative estimate of drug-likeness (QED) is 0.830. The van der Waals surface area contributed by atoms with E-state index in [-0.39, 0.29) is 0 Å². The molecule has 4 nitrogen and oxygen atoms in total. The molecule has 2 aliphatic rings. The maximum atomic E-state index is 11.0. The molecule has 0 bridgehead atoms. The molecular formula is C18H21ClN3O+. The standard InChI is InChI=1S/C18H20ClN3O/c19-15-8-6-14(7-9-15)18(23)12-22-11-10-16(20-17(22)21-18)13-4-2-1-3-5-13/h6-11,13,23H,1-5,12H2/p+1. The van der Waals surface area contributed by atoms with Crippen LogP contribution in [0.3, 0.4) is 0 Å². The number of rotatable bonds is 2. The van der Waals surface area contributed by atoms with Crippen LogP contribution in [0.2, 0.25) is 5.02 Å². The second kappa shape index (κ2) is 5.77. The van der Waals surface area contributed by atoms with Gasteiger partial charge in [0.1, 0.15) is 12.2 Å². The third-order valence-electron chi connectivity index (χ3n) is 5.00. The van der Waals surface area contributed by atoms with E-state index >= 15 is 0 Å². The van der Waals surface area contributed by atoms with Crippen molar-refractivity contribution in [2.24, 2.45) is 0 Å². The molecule has 0 amide bonds. The lowest BCUT2D eigenvalue weighted by molar-refractivity contribution is -0.685. The van der Waals surface area contributed by atoms with Crippen LogP contribution < -0.4 is 9.88 Å². The molecule has 1 aliphatic heterocycles. The lowest BCUT2D eigenvalue weighted by Gasteiger charge is -2.19. The third-order valence-corrected chi connectivity index (χ3v) is 5.25. The molecule has 0 spiro atoms. The van der Waals surface area contributed by atoms with E-state index in [2.05, 4.69) is 11.4 Å². The number of nitrogens with zero attached hydrogens (tertiary/aromatic N) is 2. The van der Waals surface area contributed by atoms with Crippen LogP contribution in [0.4, 0.5) is 5.95 Å². The highest BCUT2D eigenvalue weighted by atomic mass is 35.5. The highest BCUT2D eigenvalue weighted by Crippen LogP contribution is 2.33. The molecule has 120 valence electrons. The number of anilines is 1. The van der Waals surface area contributed by atoms with Gasteiger partial charge >= 0.3 is 5.95 Å². The predicted octanol–water partition coefficient (Wildman–Crippen LogP) is 3.34. The van der Waals surface area contributed by atoms with Crippen LogP contribution in [0.25, 0.3) is 0 Å². The number of hydrogen-bond donors (Lipinski definition) is 2. The SMILES string of the molecule is OC1(c2ccc(Cl)cc2)C[n+]2ccc(C3CCCCC3)nc2N1. The molecule has 2 heterocycles. The van der Waals surface area contributed by atoms with Crippen LogP contribution >= 0.6 is 11.6 Å². The Bertz CT molecular complexity index is 713. The number of nitrogens with one attached hydrogen (secondary N) is 1. The minimum absolute atomic E-state index is 0.446. The van der Waals surface area contributed by atoms with Crippen molar-refractivity contribution < 1.29 is 9.67 Å². The second-order valence-corrected chi connectivity index (χ2v) is 7.07. The molecule has 1 unspecified atom stereocenters. The van der Waals surface area contributed by atoms with E-state index in [1.54, 1.807) is 12.1 Å². The van der Waals surface area contributed by atoms with Gasteiger partial charge in [-0.05, 0) is 25.0 Å². The number of fused-ring (bicyclic) bond motifs is 1. The lowest BCUT2D eigenvalue weighted by atomic mass is 9.87. The van der Waals surface area contributed by atoms with Crippen molar-refractivity contribution in [1.82, 2.24) is 4.98 Å². The normalized spacial score (nSPS) is 24.3. The largest absolute Gasteiger partial charge is 0.394 e. The molecular weight excluding hydrogens is 310 g/mol. The first-order valence-corrected chi connectivity index (χ1v) is 8.69. The van der Waals surface area contributed by atoms with Gasteiger partial charge in [0.25, 0.3) is 0 Å². The van der Waals surface area contributed by atoms with Crippen LogP contribution in [0.5, 0.6) is 0 Å². The van der Waals surface area contributed by atoms with E-state index < -0.39 is 5.72 Å². The molecule has 23 heavy (non-hydrogen) atoms. The average Bonchev–Trinajstić information content (AvgIpc) is 2.92. The summed E-state index contributed by atoms with van der Waals surface area (Å²) in [5.74, 6) is 1.30. The molecule has 0 radical (unpaired) electrons. The topological polar surface area (TPSA) is 49.0 Å². The van der Waals surface area contributed by atoms with Gasteiger partial charge in [0.15, 0.2) is 0 Å². The molecule has 1 saturated carbocycles. The number of aromatic nitrogens is 2. The Hall–Kier alpha value is -1.65. The fourth-order valence-corrected chi connectivity index (χ4v) is 3.80. The predicted molar refractivity (Wildman–Crippen MR) is 89.2 cm³/mol. The first-order chi connectivity index (χ1) is 11.1. The van der Waals surface area contributed by atoms with Crippen LogP contribution in [-0.2, 0) is 12.3 Å². The summed E-state index contributed by atoms with van der Waals surface area (Å²) in [5.41, 5.74) is 0.811. The zero-order chi connectivity index (χ0) is 15.9. The Kier molecular flexibility index (Phi) is 3.74. The first kappa shape index (κ1) is 14.9.